The third kappa shape index (κ3) is 5.15. The molecule has 256 valence electrons. The van der Waals surface area contributed by atoms with Crippen molar-refractivity contribution < 1.29 is 22.7 Å². The minimum absolute atomic E-state index is 0.0744. The van der Waals surface area contributed by atoms with E-state index in [2.05, 4.69) is 31.2 Å². The van der Waals surface area contributed by atoms with Gasteiger partial charge in [-0.2, -0.15) is 12.7 Å². The Morgan fingerprint density at radius 3 is 2.52 bits per heavy atom. The second-order valence-electron chi connectivity index (χ2n) is 14.9. The molecule has 3 unspecified atom stereocenters. The van der Waals surface area contributed by atoms with Gasteiger partial charge in [-0.1, -0.05) is 31.7 Å². The lowest BCUT2D eigenvalue weighted by molar-refractivity contribution is -0.141. The molecular weight excluding hydrogens is 627 g/mol. The fourth-order valence-corrected chi connectivity index (χ4v) is 9.88. The highest BCUT2D eigenvalue weighted by Gasteiger charge is 2.64. The van der Waals surface area contributed by atoms with Crippen LogP contribution in [0.25, 0.3) is 22.2 Å². The number of benzene rings is 2. The largest absolute Gasteiger partial charge is 0.497 e. The molecule has 0 radical (unpaired) electrons. The summed E-state index contributed by atoms with van der Waals surface area (Å²) in [4.78, 5) is 33.0. The van der Waals surface area contributed by atoms with E-state index in [0.717, 1.165) is 84.1 Å². The van der Waals surface area contributed by atoms with Crippen molar-refractivity contribution in [2.75, 3.05) is 47.4 Å². The molecule has 4 fully saturated rings. The molecule has 2 amide bonds. The van der Waals surface area contributed by atoms with E-state index in [0.29, 0.717) is 18.5 Å². The molecule has 2 aromatic carbocycles. The van der Waals surface area contributed by atoms with Gasteiger partial charge in [-0.05, 0) is 86.0 Å². The lowest BCUT2D eigenvalue weighted by Gasteiger charge is -2.45. The van der Waals surface area contributed by atoms with Gasteiger partial charge in [0.15, 0.2) is 0 Å². The van der Waals surface area contributed by atoms with Crippen molar-refractivity contribution in [2.24, 2.45) is 5.41 Å². The Labute approximate surface area is 283 Å². The van der Waals surface area contributed by atoms with Crippen molar-refractivity contribution in [3.05, 3.63) is 53.1 Å². The van der Waals surface area contributed by atoms with E-state index in [-0.39, 0.29) is 17.4 Å². The van der Waals surface area contributed by atoms with Gasteiger partial charge >= 0.3 is 10.2 Å². The number of piperidine rings is 1. The number of rotatable bonds is 6. The van der Waals surface area contributed by atoms with Crippen molar-refractivity contribution >= 4 is 32.9 Å². The van der Waals surface area contributed by atoms with Gasteiger partial charge in [-0.15, -0.1) is 0 Å². The fraction of sp³-hybridized carbons (Fsp3) is 0.568. The first-order chi connectivity index (χ1) is 23.1. The van der Waals surface area contributed by atoms with Crippen LogP contribution in [0.5, 0.6) is 5.75 Å². The molecule has 11 heteroatoms. The zero-order valence-corrected chi connectivity index (χ0v) is 29.2. The molecule has 2 aliphatic carbocycles. The zero-order valence-electron chi connectivity index (χ0n) is 28.3. The van der Waals surface area contributed by atoms with Gasteiger partial charge in [0, 0.05) is 74.3 Å². The number of hydrogen-bond acceptors (Lipinski definition) is 6. The molecule has 3 aliphatic heterocycles. The van der Waals surface area contributed by atoms with Crippen LogP contribution < -0.4 is 9.46 Å². The van der Waals surface area contributed by atoms with Gasteiger partial charge in [0.1, 0.15) is 5.75 Å². The average Bonchev–Trinajstić information content (AvgIpc) is 3.77. The highest BCUT2D eigenvalue weighted by Crippen LogP contribution is 2.66. The van der Waals surface area contributed by atoms with Gasteiger partial charge in [0.25, 0.3) is 5.91 Å². The van der Waals surface area contributed by atoms with Crippen molar-refractivity contribution in [3.63, 3.8) is 0 Å². The summed E-state index contributed by atoms with van der Waals surface area (Å²) >= 11 is 0. The minimum atomic E-state index is -3.96. The van der Waals surface area contributed by atoms with Crippen LogP contribution in [0.1, 0.15) is 91.1 Å². The van der Waals surface area contributed by atoms with Crippen LogP contribution in [0.4, 0.5) is 0 Å². The highest BCUT2D eigenvalue weighted by atomic mass is 32.2. The summed E-state index contributed by atoms with van der Waals surface area (Å²) in [5.74, 6) is 0.806. The lowest BCUT2D eigenvalue weighted by Crippen LogP contribution is -2.57. The summed E-state index contributed by atoms with van der Waals surface area (Å²) in [6.07, 6.45) is 10.2. The smallest absolute Gasteiger partial charge is 0.303 e. The monoisotopic (exact) mass is 673 g/mol. The molecule has 4 heterocycles. The topological polar surface area (TPSA) is 104 Å². The SMILES string of the molecule is COc1ccc2c(c1)C1CC1(C(=O)N1CCN3CCCCC3C1)Cn1c-2c(C2CCCCC2)c2ccc(C(=O)NS(=O)(=O)N(C)C)cc21. The maximum absolute atomic E-state index is 14.9. The molecule has 2 saturated carbocycles. The molecular formula is C37H47N5O5S. The van der Waals surface area contributed by atoms with Crippen LogP contribution in [0.15, 0.2) is 36.4 Å². The molecule has 1 aromatic heterocycles. The van der Waals surface area contributed by atoms with E-state index in [9.17, 15) is 18.0 Å². The Bertz CT molecular complexity index is 1900. The van der Waals surface area contributed by atoms with E-state index in [1.165, 1.54) is 57.3 Å². The number of hydrogen-bond donors (Lipinski definition) is 1. The third-order valence-corrected chi connectivity index (χ3v) is 13.4. The normalized spacial score (nSPS) is 25.9. The summed E-state index contributed by atoms with van der Waals surface area (Å²) in [5.41, 5.74) is 5.33. The number of carbonyl (C=O) groups is 2. The molecule has 5 aliphatic rings. The maximum Gasteiger partial charge on any atom is 0.303 e. The first-order valence-electron chi connectivity index (χ1n) is 17.7. The van der Waals surface area contributed by atoms with Gasteiger partial charge < -0.3 is 14.2 Å². The quantitative estimate of drug-likeness (QED) is 0.392. The number of ether oxygens (including phenoxy) is 1. The second kappa shape index (κ2) is 11.9. The number of nitrogens with zero attached hydrogens (tertiary/aromatic N) is 4. The van der Waals surface area contributed by atoms with E-state index >= 15 is 0 Å². The fourth-order valence-electron chi connectivity index (χ4n) is 9.34. The van der Waals surface area contributed by atoms with Gasteiger partial charge in [-0.3, -0.25) is 14.5 Å². The number of nitrogens with one attached hydrogen (secondary N) is 1. The van der Waals surface area contributed by atoms with Gasteiger partial charge in [0.05, 0.1) is 18.2 Å². The van der Waals surface area contributed by atoms with Crippen molar-refractivity contribution in [1.82, 2.24) is 23.4 Å². The molecule has 2 saturated heterocycles. The van der Waals surface area contributed by atoms with Crippen LogP contribution in [0, 0.1) is 5.41 Å². The predicted octanol–water partition coefficient (Wildman–Crippen LogP) is 5.08. The van der Waals surface area contributed by atoms with E-state index in [4.69, 9.17) is 4.74 Å². The summed E-state index contributed by atoms with van der Waals surface area (Å²) < 4.78 is 36.5. The highest BCUT2D eigenvalue weighted by molar-refractivity contribution is 7.87. The number of piperazine rings is 1. The summed E-state index contributed by atoms with van der Waals surface area (Å²) in [5, 5.41) is 1.09. The minimum Gasteiger partial charge on any atom is -0.497 e. The van der Waals surface area contributed by atoms with Crippen LogP contribution in [0.3, 0.4) is 0 Å². The molecule has 1 N–H and O–H groups in total. The van der Waals surface area contributed by atoms with E-state index < -0.39 is 21.5 Å². The molecule has 3 atom stereocenters. The van der Waals surface area contributed by atoms with Crippen molar-refractivity contribution in [1.29, 1.82) is 0 Å². The Morgan fingerprint density at radius 1 is 0.958 bits per heavy atom. The van der Waals surface area contributed by atoms with Crippen molar-refractivity contribution in [3.8, 4) is 17.0 Å². The Balaban J connectivity index is 1.28. The molecule has 48 heavy (non-hydrogen) atoms. The van der Waals surface area contributed by atoms with E-state index in [1.807, 2.05) is 18.2 Å². The number of methoxy groups -OCH3 is 1. The Kier molecular flexibility index (Phi) is 7.88. The number of fused-ring (bicyclic) bond motifs is 8. The summed E-state index contributed by atoms with van der Waals surface area (Å²) in [6.45, 7) is 4.13. The second-order valence-corrected chi connectivity index (χ2v) is 16.8. The standard InChI is InChI=1S/C37H47N5O5S/c1-39(2)48(45,46)38-35(43)25-12-14-29-32(19-25)42-23-37(36(44)41-18-17-40-16-8-7-11-26(40)22-41)21-31(37)30-20-27(47-3)13-15-28(30)34(42)33(29)24-9-5-4-6-10-24/h12-15,19-20,24,26,31H,4-11,16-18,21-23H2,1-3H3,(H,38,43). The van der Waals surface area contributed by atoms with Crippen LogP contribution >= 0.6 is 0 Å². The average molecular weight is 674 g/mol. The first kappa shape index (κ1) is 31.8. The lowest BCUT2D eigenvalue weighted by atomic mass is 9.81. The molecule has 0 bridgehead atoms. The van der Waals surface area contributed by atoms with Gasteiger partial charge in [0.2, 0.25) is 5.91 Å². The molecule has 3 aromatic rings. The third-order valence-electron chi connectivity index (χ3n) is 12.0. The maximum atomic E-state index is 14.9. The predicted molar refractivity (Wildman–Crippen MR) is 185 cm³/mol. The summed E-state index contributed by atoms with van der Waals surface area (Å²) in [7, 11) is 0.520. The van der Waals surface area contributed by atoms with Crippen LogP contribution in [-0.4, -0.2) is 92.3 Å². The Hall–Kier alpha value is -3.41. The van der Waals surface area contributed by atoms with Gasteiger partial charge in [-0.25, -0.2) is 4.72 Å². The van der Waals surface area contributed by atoms with Crippen LogP contribution in [-0.2, 0) is 21.5 Å². The molecule has 0 spiro atoms. The number of carbonyl (C=O) groups excluding carboxylic acids is 2. The van der Waals surface area contributed by atoms with Crippen LogP contribution in [0.2, 0.25) is 0 Å². The zero-order chi connectivity index (χ0) is 33.4. The Morgan fingerprint density at radius 2 is 1.75 bits per heavy atom. The van der Waals surface area contributed by atoms with E-state index in [1.54, 1.807) is 13.2 Å². The first-order valence-corrected chi connectivity index (χ1v) is 19.2. The van der Waals surface area contributed by atoms with Crippen molar-refractivity contribution in [2.45, 2.75) is 82.2 Å². The molecule has 8 rings (SSSR count). The molecule has 10 nitrogen and oxygen atoms in total. The summed E-state index contributed by atoms with van der Waals surface area (Å²) in [6, 6.07) is 12.4. The number of amides is 2. The number of aromatic nitrogens is 1.